The molecule has 9 aromatic rings. The second kappa shape index (κ2) is 8.11. The minimum absolute atomic E-state index is 0.651. The minimum Gasteiger partial charge on any atom is -0.454 e. The highest BCUT2D eigenvalue weighted by atomic mass is 16.3. The van der Waals surface area contributed by atoms with E-state index in [2.05, 4.69) is 118 Å². The molecule has 6 aromatic carbocycles. The lowest BCUT2D eigenvalue weighted by molar-refractivity contribution is 0.666. The molecular formula is C37H21N3O. The average molecular weight is 524 g/mol. The van der Waals surface area contributed by atoms with E-state index in [-0.39, 0.29) is 0 Å². The summed E-state index contributed by atoms with van der Waals surface area (Å²) >= 11 is 0. The SMILES string of the molecule is N#Cc1ccc2c3ccccc3n(-c3ccc4c(c3)c3ccccc3n4-c3cccc4c3oc3ccccc34)c2c1. The molecule has 0 radical (unpaired) electrons. The molecule has 4 nitrogen and oxygen atoms in total. The van der Waals surface area contributed by atoms with Crippen LogP contribution in [0.1, 0.15) is 5.56 Å². The van der Waals surface area contributed by atoms with Crippen LogP contribution in [0, 0.1) is 11.3 Å². The van der Waals surface area contributed by atoms with Crippen LogP contribution in [0.15, 0.2) is 132 Å². The van der Waals surface area contributed by atoms with Crippen LogP contribution >= 0.6 is 0 Å². The molecule has 190 valence electrons. The van der Waals surface area contributed by atoms with Crippen LogP contribution in [0.2, 0.25) is 0 Å². The molecule has 0 atom stereocenters. The van der Waals surface area contributed by atoms with Gasteiger partial charge in [0.05, 0.1) is 39.4 Å². The molecule has 0 unspecified atom stereocenters. The van der Waals surface area contributed by atoms with Gasteiger partial charge >= 0.3 is 0 Å². The number of nitriles is 1. The highest BCUT2D eigenvalue weighted by Crippen LogP contribution is 2.39. The normalized spacial score (nSPS) is 11.9. The molecular weight excluding hydrogens is 502 g/mol. The van der Waals surface area contributed by atoms with E-state index in [0.717, 1.165) is 66.2 Å². The zero-order chi connectivity index (χ0) is 27.1. The molecule has 0 saturated heterocycles. The number of aromatic nitrogens is 2. The molecule has 3 aromatic heterocycles. The molecule has 4 heteroatoms. The number of rotatable bonds is 2. The van der Waals surface area contributed by atoms with Gasteiger partial charge in [0.15, 0.2) is 5.58 Å². The van der Waals surface area contributed by atoms with Crippen molar-refractivity contribution in [3.8, 4) is 17.4 Å². The standard InChI is InChI=1S/C37H21N3O/c38-22-23-16-18-27-25-8-1-4-12-31(25)39(35(27)20-23)24-17-19-33-30(21-24)26-9-2-5-13-32(26)40(33)34-14-7-11-29-28-10-3-6-15-36(28)41-37(29)34/h1-21H. The summed E-state index contributed by atoms with van der Waals surface area (Å²) in [6.45, 7) is 0. The molecule has 0 fully saturated rings. The average Bonchev–Trinajstić information content (AvgIpc) is 3.68. The summed E-state index contributed by atoms with van der Waals surface area (Å²) in [6.07, 6.45) is 0. The van der Waals surface area contributed by atoms with Gasteiger partial charge in [-0.15, -0.1) is 0 Å². The lowest BCUT2D eigenvalue weighted by Crippen LogP contribution is -1.96. The number of hydrogen-bond donors (Lipinski definition) is 0. The van der Waals surface area contributed by atoms with Crippen molar-refractivity contribution in [3.05, 3.63) is 133 Å². The van der Waals surface area contributed by atoms with Gasteiger partial charge in [-0.2, -0.15) is 5.26 Å². The summed E-state index contributed by atoms with van der Waals surface area (Å²) in [5, 5.41) is 16.5. The Balaban J connectivity index is 1.37. The molecule has 0 amide bonds. The van der Waals surface area contributed by atoms with E-state index >= 15 is 0 Å². The van der Waals surface area contributed by atoms with Gasteiger partial charge < -0.3 is 13.6 Å². The third kappa shape index (κ3) is 2.98. The van der Waals surface area contributed by atoms with Gasteiger partial charge in [0.2, 0.25) is 0 Å². The molecule has 41 heavy (non-hydrogen) atoms. The monoisotopic (exact) mass is 523 g/mol. The van der Waals surface area contributed by atoms with Crippen LogP contribution in [0.4, 0.5) is 0 Å². The summed E-state index contributed by atoms with van der Waals surface area (Å²) in [4.78, 5) is 0. The highest BCUT2D eigenvalue weighted by Gasteiger charge is 2.19. The lowest BCUT2D eigenvalue weighted by Gasteiger charge is -2.11. The summed E-state index contributed by atoms with van der Waals surface area (Å²) in [6, 6.07) is 46.5. The Labute approximate surface area is 234 Å². The number of fused-ring (bicyclic) bond motifs is 9. The van der Waals surface area contributed by atoms with Crippen LogP contribution in [0.5, 0.6) is 0 Å². The van der Waals surface area contributed by atoms with Gasteiger partial charge in [0.1, 0.15) is 5.58 Å². The molecule has 0 N–H and O–H groups in total. The van der Waals surface area contributed by atoms with Crippen molar-refractivity contribution in [1.82, 2.24) is 9.13 Å². The maximum atomic E-state index is 9.66. The van der Waals surface area contributed by atoms with Crippen LogP contribution in [0.3, 0.4) is 0 Å². The highest BCUT2D eigenvalue weighted by molar-refractivity contribution is 6.14. The fraction of sp³-hybridized carbons (Fsp3) is 0. The lowest BCUT2D eigenvalue weighted by atomic mass is 10.1. The van der Waals surface area contributed by atoms with Crippen LogP contribution in [0.25, 0.3) is 76.9 Å². The summed E-state index contributed by atoms with van der Waals surface area (Å²) in [7, 11) is 0. The first-order valence-electron chi connectivity index (χ1n) is 13.7. The van der Waals surface area contributed by atoms with Crippen molar-refractivity contribution in [1.29, 1.82) is 5.26 Å². The zero-order valence-corrected chi connectivity index (χ0v) is 21.9. The molecule has 0 aliphatic heterocycles. The second-order valence-electron chi connectivity index (χ2n) is 10.5. The first-order valence-corrected chi connectivity index (χ1v) is 13.7. The van der Waals surface area contributed by atoms with Crippen molar-refractivity contribution in [2.45, 2.75) is 0 Å². The van der Waals surface area contributed by atoms with E-state index < -0.39 is 0 Å². The Hall–Kier alpha value is -5.79. The maximum absolute atomic E-state index is 9.66. The number of para-hydroxylation sites is 4. The van der Waals surface area contributed by atoms with Gasteiger partial charge in [0, 0.05) is 38.0 Å². The van der Waals surface area contributed by atoms with Crippen LogP contribution in [-0.2, 0) is 0 Å². The van der Waals surface area contributed by atoms with Crippen LogP contribution < -0.4 is 0 Å². The van der Waals surface area contributed by atoms with Crippen LogP contribution in [-0.4, -0.2) is 9.13 Å². The van der Waals surface area contributed by atoms with Gasteiger partial charge in [-0.05, 0) is 54.6 Å². The summed E-state index contributed by atoms with van der Waals surface area (Å²) in [5.74, 6) is 0. The molecule has 9 rings (SSSR count). The molecule has 3 heterocycles. The van der Waals surface area contributed by atoms with Crippen molar-refractivity contribution in [2.24, 2.45) is 0 Å². The van der Waals surface area contributed by atoms with E-state index in [1.54, 1.807) is 0 Å². The molecule has 0 aliphatic carbocycles. The van der Waals surface area contributed by atoms with E-state index in [1.165, 1.54) is 10.8 Å². The second-order valence-corrected chi connectivity index (χ2v) is 10.5. The fourth-order valence-electron chi connectivity index (χ4n) is 6.59. The largest absolute Gasteiger partial charge is 0.454 e. The van der Waals surface area contributed by atoms with E-state index in [1.807, 2.05) is 24.3 Å². The molecule has 0 aliphatic rings. The smallest absolute Gasteiger partial charge is 0.159 e. The Bertz CT molecular complexity index is 2550. The number of nitrogens with zero attached hydrogens (tertiary/aromatic N) is 3. The Morgan fingerprint density at radius 1 is 0.488 bits per heavy atom. The molecule has 0 bridgehead atoms. The van der Waals surface area contributed by atoms with Crippen molar-refractivity contribution in [3.63, 3.8) is 0 Å². The quantitative estimate of drug-likeness (QED) is 0.226. The summed E-state index contributed by atoms with van der Waals surface area (Å²) < 4.78 is 11.0. The number of hydrogen-bond acceptors (Lipinski definition) is 2. The fourth-order valence-corrected chi connectivity index (χ4v) is 6.59. The van der Waals surface area contributed by atoms with Gasteiger partial charge in [-0.1, -0.05) is 72.8 Å². The van der Waals surface area contributed by atoms with Crippen molar-refractivity contribution >= 4 is 65.6 Å². The van der Waals surface area contributed by atoms with Gasteiger partial charge in [-0.25, -0.2) is 0 Å². The third-order valence-electron chi connectivity index (χ3n) is 8.34. The Kier molecular flexibility index (Phi) is 4.37. The molecule has 0 saturated carbocycles. The maximum Gasteiger partial charge on any atom is 0.159 e. The number of benzene rings is 6. The van der Waals surface area contributed by atoms with E-state index in [4.69, 9.17) is 4.42 Å². The molecule has 0 spiro atoms. The van der Waals surface area contributed by atoms with Crippen molar-refractivity contribution < 1.29 is 4.42 Å². The summed E-state index contributed by atoms with van der Waals surface area (Å²) in [5.41, 5.74) is 8.89. The Morgan fingerprint density at radius 2 is 1.15 bits per heavy atom. The van der Waals surface area contributed by atoms with E-state index in [9.17, 15) is 5.26 Å². The topological polar surface area (TPSA) is 46.8 Å². The van der Waals surface area contributed by atoms with Gasteiger partial charge in [0.25, 0.3) is 0 Å². The Morgan fingerprint density at radius 3 is 1.98 bits per heavy atom. The van der Waals surface area contributed by atoms with E-state index in [0.29, 0.717) is 5.56 Å². The number of furan rings is 1. The first kappa shape index (κ1) is 22.1. The third-order valence-corrected chi connectivity index (χ3v) is 8.34. The van der Waals surface area contributed by atoms with Crippen molar-refractivity contribution in [2.75, 3.05) is 0 Å². The first-order chi connectivity index (χ1) is 20.3. The predicted molar refractivity (Wildman–Crippen MR) is 167 cm³/mol. The zero-order valence-electron chi connectivity index (χ0n) is 21.9. The predicted octanol–water partition coefficient (Wildman–Crippen LogP) is 9.65. The minimum atomic E-state index is 0.651. The van der Waals surface area contributed by atoms with Gasteiger partial charge in [-0.3, -0.25) is 0 Å².